The number of likely N-dealkylation sites (N-methyl/N-ethyl adjacent to an activating group) is 1. The highest BCUT2D eigenvalue weighted by Crippen LogP contribution is 2.57. The molecule has 0 radical (unpaired) electrons. The van der Waals surface area contributed by atoms with Gasteiger partial charge in [0, 0.05) is 76.3 Å². The van der Waals surface area contributed by atoms with E-state index in [-0.39, 0.29) is 42.5 Å². The number of carbonyl (C=O) groups is 2. The number of aliphatic hydroxyl groups excluding tert-OH is 1. The summed E-state index contributed by atoms with van der Waals surface area (Å²) in [4.78, 5) is 34.6. The number of nitrogens with zero attached hydrogens (tertiary/aromatic N) is 2. The number of esters is 2. The molecule has 5 heterocycles. The minimum Gasteiger partial charge on any atom is -0.496 e. The summed E-state index contributed by atoms with van der Waals surface area (Å²) in [6.45, 7) is 6.32. The van der Waals surface area contributed by atoms with Gasteiger partial charge >= 0.3 is 11.9 Å². The summed E-state index contributed by atoms with van der Waals surface area (Å²) in [5.74, 6) is 0.546. The standard InChI is InChI=1S/C44H54N4O6/c1-7-25-15-24-20-43(41(50)53-5)39(25)45-14-13-28-29-16-30(36(52-4)19-35(29)48(21-24)40(28)43)31-17-33-26(8-2)22-47(3)37(44(33,23-49)42(51)54-6)18-32-27-11-9-10-12-34(27)46-38(31)32/h8-12,16,19,24-25,31,33,37,39,45-46,49H,7,13-15,17-18,20-23H2,1-6H3/b26-8-/t24-,25-,31-,33+,37?,39-,43-,44-/m0/s1. The molecule has 1 saturated carbocycles. The Morgan fingerprint density at radius 2 is 1.85 bits per heavy atom. The third-order valence-corrected chi connectivity index (χ3v) is 14.7. The van der Waals surface area contributed by atoms with Crippen molar-refractivity contribution in [2.24, 2.45) is 23.2 Å². The molecule has 2 aromatic heterocycles. The average molecular weight is 735 g/mol. The number of nitrogens with one attached hydrogen (secondary N) is 2. The van der Waals surface area contributed by atoms with Crippen molar-refractivity contribution in [2.45, 2.75) is 82.3 Å². The van der Waals surface area contributed by atoms with Crippen LogP contribution in [0.2, 0.25) is 0 Å². The van der Waals surface area contributed by atoms with Crippen molar-refractivity contribution in [3.8, 4) is 5.75 Å². The number of carbonyl (C=O) groups excluding carboxylic acids is 2. The number of aromatic nitrogens is 2. The molecule has 2 aliphatic carbocycles. The van der Waals surface area contributed by atoms with Gasteiger partial charge in [0.15, 0.2) is 0 Å². The van der Waals surface area contributed by atoms with Gasteiger partial charge in [-0.15, -0.1) is 0 Å². The molecule has 3 N–H and O–H groups in total. The van der Waals surface area contributed by atoms with Crippen molar-refractivity contribution in [3.63, 3.8) is 0 Å². The van der Waals surface area contributed by atoms with Gasteiger partial charge in [0.05, 0.1) is 33.5 Å². The molecule has 2 fully saturated rings. The van der Waals surface area contributed by atoms with Crippen LogP contribution < -0.4 is 10.1 Å². The van der Waals surface area contributed by atoms with Crippen LogP contribution in [0.25, 0.3) is 21.8 Å². The topological polar surface area (TPSA) is 118 Å². The van der Waals surface area contributed by atoms with Crippen molar-refractivity contribution < 1.29 is 28.9 Å². The van der Waals surface area contributed by atoms with E-state index in [2.05, 4.69) is 76.2 Å². The molecule has 3 aliphatic heterocycles. The first-order valence-corrected chi connectivity index (χ1v) is 19.9. The van der Waals surface area contributed by atoms with Gasteiger partial charge in [-0.1, -0.05) is 43.2 Å². The summed E-state index contributed by atoms with van der Waals surface area (Å²) in [5.41, 5.74) is 7.00. The number of H-pyrrole nitrogens is 1. The number of aromatic amines is 1. The van der Waals surface area contributed by atoms with Gasteiger partial charge in [-0.05, 0) is 87.7 Å². The van der Waals surface area contributed by atoms with Gasteiger partial charge in [0.25, 0.3) is 0 Å². The normalized spacial score (nSPS) is 32.5. The monoisotopic (exact) mass is 734 g/mol. The van der Waals surface area contributed by atoms with Gasteiger partial charge in [0.1, 0.15) is 16.6 Å². The number of hydrogen-bond donors (Lipinski definition) is 3. The summed E-state index contributed by atoms with van der Waals surface area (Å²) in [7, 11) is 6.79. The zero-order valence-electron chi connectivity index (χ0n) is 32.5. The van der Waals surface area contributed by atoms with Gasteiger partial charge in [-0.25, -0.2) is 0 Å². The maximum Gasteiger partial charge on any atom is 0.319 e. The highest BCUT2D eigenvalue weighted by atomic mass is 16.5. The van der Waals surface area contributed by atoms with E-state index in [9.17, 15) is 14.7 Å². The number of ether oxygens (including phenoxy) is 3. The first kappa shape index (κ1) is 35.6. The highest BCUT2D eigenvalue weighted by Gasteiger charge is 2.61. The molecule has 2 aromatic carbocycles. The third kappa shape index (κ3) is 4.62. The van der Waals surface area contributed by atoms with E-state index in [1.807, 2.05) is 6.92 Å². The number of likely N-dealkylation sites (tertiary alicyclic amines) is 1. The Hall–Kier alpha value is -4.12. The number of para-hydroxylation sites is 1. The summed E-state index contributed by atoms with van der Waals surface area (Å²) in [6, 6.07) is 12.7. The van der Waals surface area contributed by atoms with Crippen LogP contribution >= 0.6 is 0 Å². The Morgan fingerprint density at radius 3 is 2.57 bits per heavy atom. The maximum atomic E-state index is 14.3. The number of allylic oxidation sites excluding steroid dienone is 1. The summed E-state index contributed by atoms with van der Waals surface area (Å²) in [6.07, 6.45) is 6.96. The van der Waals surface area contributed by atoms with E-state index in [0.29, 0.717) is 31.2 Å². The fourth-order valence-electron chi connectivity index (χ4n) is 12.5. The lowest BCUT2D eigenvalue weighted by atomic mass is 9.58. The molecule has 0 amide bonds. The van der Waals surface area contributed by atoms with Crippen LogP contribution in [-0.4, -0.2) is 91.7 Å². The molecule has 1 unspecified atom stereocenters. The summed E-state index contributed by atoms with van der Waals surface area (Å²) >= 11 is 0. The van der Waals surface area contributed by atoms with Crippen molar-refractivity contribution in [1.82, 2.24) is 19.8 Å². The molecule has 10 heteroatoms. The Kier molecular flexibility index (Phi) is 8.56. The fourth-order valence-corrected chi connectivity index (χ4v) is 12.5. The molecule has 5 aliphatic rings. The molecule has 54 heavy (non-hydrogen) atoms. The van der Waals surface area contributed by atoms with Crippen LogP contribution in [0, 0.1) is 23.2 Å². The van der Waals surface area contributed by atoms with Crippen LogP contribution in [0.1, 0.15) is 73.5 Å². The van der Waals surface area contributed by atoms with Crippen LogP contribution in [0.3, 0.4) is 0 Å². The smallest absolute Gasteiger partial charge is 0.319 e. The van der Waals surface area contributed by atoms with Gasteiger partial charge < -0.3 is 34.2 Å². The second kappa shape index (κ2) is 13.0. The van der Waals surface area contributed by atoms with Crippen molar-refractivity contribution >= 4 is 33.7 Å². The average Bonchev–Trinajstić information content (AvgIpc) is 3.62. The lowest BCUT2D eigenvalue weighted by Crippen LogP contribution is -2.63. The fraction of sp³-hybridized carbons (Fsp3) is 0.545. The van der Waals surface area contributed by atoms with Gasteiger partial charge in [0.2, 0.25) is 0 Å². The Bertz CT molecular complexity index is 2200. The minimum atomic E-state index is -1.17. The molecule has 9 rings (SSSR count). The quantitative estimate of drug-likeness (QED) is 0.173. The number of methoxy groups -OCH3 is 3. The Balaban J connectivity index is 1.32. The van der Waals surface area contributed by atoms with Crippen LogP contribution in [0.15, 0.2) is 48.0 Å². The SMILES string of the molecule is C/C=C1/CN(C)C2Cc3c([nH]c4ccccc34)[C@H](c3cc4c5c6n(c4cc3OC)C[C@H]3C[C@H](CC)[C@H](NCC5)[C@@]6(C(=O)OC)C3)C[C@H]1[C@]2(CO)C(=O)OC. The van der Waals surface area contributed by atoms with Crippen molar-refractivity contribution in [3.05, 3.63) is 76.1 Å². The number of fused-ring (bicyclic) bond motifs is 9. The van der Waals surface area contributed by atoms with Gasteiger partial charge in [-0.3, -0.25) is 14.5 Å². The first-order valence-electron chi connectivity index (χ1n) is 19.9. The number of piperidine rings is 1. The predicted molar refractivity (Wildman–Crippen MR) is 208 cm³/mol. The maximum absolute atomic E-state index is 14.3. The first-order chi connectivity index (χ1) is 26.2. The van der Waals surface area contributed by atoms with Crippen LogP contribution in [0.4, 0.5) is 0 Å². The number of benzene rings is 2. The third-order valence-electron chi connectivity index (χ3n) is 14.7. The van der Waals surface area contributed by atoms with Crippen molar-refractivity contribution in [2.75, 3.05) is 48.1 Å². The molecule has 4 bridgehead atoms. The van der Waals surface area contributed by atoms with E-state index >= 15 is 0 Å². The van der Waals surface area contributed by atoms with Crippen molar-refractivity contribution in [1.29, 1.82) is 0 Å². The van der Waals surface area contributed by atoms with E-state index in [1.165, 1.54) is 12.7 Å². The molecular formula is C44H54N4O6. The largest absolute Gasteiger partial charge is 0.496 e. The van der Waals surface area contributed by atoms with Crippen LogP contribution in [-0.2, 0) is 43.9 Å². The van der Waals surface area contributed by atoms with E-state index in [4.69, 9.17) is 14.2 Å². The Morgan fingerprint density at radius 1 is 1.06 bits per heavy atom. The predicted octanol–water partition coefficient (Wildman–Crippen LogP) is 5.61. The minimum absolute atomic E-state index is 0.0123. The van der Waals surface area contributed by atoms with Gasteiger partial charge in [-0.2, -0.15) is 0 Å². The molecule has 10 nitrogen and oxygen atoms in total. The second-order valence-electron chi connectivity index (χ2n) is 16.8. The molecular weight excluding hydrogens is 681 g/mol. The molecule has 4 aromatic rings. The number of hydrogen-bond acceptors (Lipinski definition) is 8. The highest BCUT2D eigenvalue weighted by molar-refractivity contribution is 5.94. The molecule has 286 valence electrons. The van der Waals surface area contributed by atoms with Crippen LogP contribution in [0.5, 0.6) is 5.75 Å². The molecule has 8 atom stereocenters. The molecule has 0 spiro atoms. The van der Waals surface area contributed by atoms with E-state index < -0.39 is 10.8 Å². The van der Waals surface area contributed by atoms with E-state index in [1.54, 1.807) is 14.2 Å². The number of aliphatic hydroxyl groups is 1. The summed E-state index contributed by atoms with van der Waals surface area (Å²) in [5, 5.41) is 17.6. The zero-order chi connectivity index (χ0) is 37.7. The Labute approximate surface area is 317 Å². The lowest BCUT2D eigenvalue weighted by molar-refractivity contribution is -0.169. The number of rotatable bonds is 6. The lowest BCUT2D eigenvalue weighted by Gasteiger charge is -2.53. The van der Waals surface area contributed by atoms with E-state index in [0.717, 1.165) is 94.4 Å². The zero-order valence-corrected chi connectivity index (χ0v) is 32.5. The molecule has 1 saturated heterocycles. The second-order valence-corrected chi connectivity index (χ2v) is 16.8. The summed E-state index contributed by atoms with van der Waals surface area (Å²) < 4.78 is 20.2.